The molecule has 1 heterocycles. The van der Waals surface area contributed by atoms with Gasteiger partial charge in [0, 0.05) is 29.8 Å². The third kappa shape index (κ3) is 3.55. The molecule has 3 heteroatoms. The highest BCUT2D eigenvalue weighted by Gasteiger charge is 2.88. The van der Waals surface area contributed by atoms with Crippen LogP contribution >= 0.6 is 0 Å². The van der Waals surface area contributed by atoms with Crippen LogP contribution in [0.5, 0.6) is 11.5 Å². The minimum Gasteiger partial charge on any atom is -0.485 e. The largest absolute Gasteiger partial charge is 0.485 e. The number of nitrogens with zero attached hydrogens (tertiary/aromatic N) is 1. The van der Waals surface area contributed by atoms with Crippen LogP contribution in [0.15, 0.2) is 101 Å². The Balaban J connectivity index is 0.797. The first-order valence-electron chi connectivity index (χ1n) is 27.8. The predicted molar refractivity (Wildman–Crippen MR) is 248 cm³/mol. The van der Waals surface area contributed by atoms with Gasteiger partial charge in [0.25, 0.3) is 0 Å². The van der Waals surface area contributed by atoms with Gasteiger partial charge in [-0.15, -0.1) is 0 Å². The molecule has 0 radical (unpaired) electrons. The van der Waals surface area contributed by atoms with Gasteiger partial charge in [0.05, 0.1) is 0 Å². The van der Waals surface area contributed by atoms with Crippen LogP contribution in [0.4, 0.5) is 0 Å². The van der Waals surface area contributed by atoms with E-state index in [1.807, 2.05) is 0 Å². The number of ether oxygens (including phenoxy) is 2. The minimum absolute atomic E-state index is 0.333. The summed E-state index contributed by atoms with van der Waals surface area (Å²) < 4.78 is 13.7. The number of rotatable bonds is 7. The van der Waals surface area contributed by atoms with Crippen molar-refractivity contribution in [2.45, 2.75) is 70.6 Å². The molecule has 16 aliphatic carbocycles. The molecular weight excluding hydrogens is 791 g/mol. The highest BCUT2D eigenvalue weighted by Crippen LogP contribution is 2.93. The molecule has 28 atom stereocenters. The van der Waals surface area contributed by atoms with Crippen LogP contribution in [-0.4, -0.2) is 18.5 Å². The molecule has 3 aromatic carbocycles. The van der Waals surface area contributed by atoms with Crippen molar-refractivity contribution in [1.29, 1.82) is 0 Å². The zero-order valence-corrected chi connectivity index (χ0v) is 38.1. The molecule has 0 N–H and O–H groups in total. The van der Waals surface area contributed by atoms with Gasteiger partial charge in [-0.2, -0.15) is 0 Å². The second-order valence-corrected chi connectivity index (χ2v) is 27.3. The molecule has 28 unspecified atom stereocenters. The maximum Gasteiger partial charge on any atom is 0.162 e. The highest BCUT2D eigenvalue weighted by atomic mass is 16.5. The van der Waals surface area contributed by atoms with Gasteiger partial charge in [0.1, 0.15) is 13.2 Å². The lowest BCUT2D eigenvalue weighted by molar-refractivity contribution is -0.149. The standard InChI is InChI=1S/C62H65NO2/c1-63-23-37-36-20-34-18-31-16-32-15-29-14-30-17-33-19-35-22-62(37,61(63)28-12-13-38(64-24-26-8-4-2-5-9-26)39(21-28)65-25-27-10-6-3-7-11-27)60-46(35)51-45(33)50-41(30)40(29)48-44(32)49-42(31)43(34)52-47(36)59(60)58-56(51)54(50)53(48)55(49)57(52)58/h2-13,21,29-33,35,37,40-42,44-46,48-61H,14-20,22-25H2,1H3. The van der Waals surface area contributed by atoms with Crippen LogP contribution in [0.3, 0.4) is 0 Å². The lowest BCUT2D eigenvalue weighted by atomic mass is 9.41. The lowest BCUT2D eigenvalue weighted by Gasteiger charge is -2.62. The molecule has 14 fully saturated rings. The van der Waals surface area contributed by atoms with Gasteiger partial charge < -0.3 is 9.47 Å². The summed E-state index contributed by atoms with van der Waals surface area (Å²) in [6.07, 6.45) is 12.7. The topological polar surface area (TPSA) is 21.7 Å². The van der Waals surface area contributed by atoms with E-state index < -0.39 is 0 Å². The van der Waals surface area contributed by atoms with E-state index in [0.717, 1.165) is 165 Å². The summed E-state index contributed by atoms with van der Waals surface area (Å²) in [5.41, 5.74) is 12.9. The molecule has 3 nitrogen and oxygen atoms in total. The number of hydrogen-bond donors (Lipinski definition) is 0. The van der Waals surface area contributed by atoms with Crippen molar-refractivity contribution >= 4 is 0 Å². The smallest absolute Gasteiger partial charge is 0.162 e. The number of allylic oxidation sites excluding steroid dienone is 3. The molecule has 3 aromatic rings. The van der Waals surface area contributed by atoms with Gasteiger partial charge in [0.15, 0.2) is 11.5 Å². The zero-order valence-electron chi connectivity index (χ0n) is 38.1. The Morgan fingerprint density at radius 2 is 1.11 bits per heavy atom. The van der Waals surface area contributed by atoms with E-state index in [1.54, 1.807) is 32.1 Å². The average Bonchev–Trinajstić information content (AvgIpc) is 4.19. The Morgan fingerprint density at radius 3 is 1.83 bits per heavy atom. The maximum atomic E-state index is 6.97. The Morgan fingerprint density at radius 1 is 0.538 bits per heavy atom. The van der Waals surface area contributed by atoms with E-state index >= 15 is 0 Å². The average molecular weight is 856 g/mol. The fourth-order valence-corrected chi connectivity index (χ4v) is 27.6. The molecule has 1 saturated heterocycles. The number of likely N-dealkylation sites (tertiary alicyclic amines) is 1. The minimum atomic E-state index is 0.333. The molecule has 17 aliphatic rings. The van der Waals surface area contributed by atoms with Crippen molar-refractivity contribution in [2.24, 2.45) is 159 Å². The molecule has 65 heavy (non-hydrogen) atoms. The molecule has 330 valence electrons. The maximum absolute atomic E-state index is 6.97. The van der Waals surface area contributed by atoms with Gasteiger partial charge in [0.2, 0.25) is 0 Å². The Bertz CT molecular complexity index is 2760. The quantitative estimate of drug-likeness (QED) is 0.221. The Labute approximate surface area is 385 Å². The first-order chi connectivity index (χ1) is 32.1. The van der Waals surface area contributed by atoms with Gasteiger partial charge in [-0.3, -0.25) is 4.90 Å². The van der Waals surface area contributed by atoms with Crippen LogP contribution in [0, 0.1) is 159 Å². The van der Waals surface area contributed by atoms with E-state index in [2.05, 4.69) is 113 Å². The van der Waals surface area contributed by atoms with Gasteiger partial charge in [-0.1, -0.05) is 89.0 Å². The van der Waals surface area contributed by atoms with Crippen LogP contribution in [0.1, 0.15) is 74.1 Å². The number of hydrogen-bond acceptors (Lipinski definition) is 3. The van der Waals surface area contributed by atoms with Crippen molar-refractivity contribution in [3.05, 3.63) is 118 Å². The first kappa shape index (κ1) is 34.9. The second-order valence-electron chi connectivity index (χ2n) is 27.3. The number of benzene rings is 3. The van der Waals surface area contributed by atoms with Gasteiger partial charge in [-0.25, -0.2) is 0 Å². The van der Waals surface area contributed by atoms with Crippen molar-refractivity contribution in [3.8, 4) is 11.5 Å². The van der Waals surface area contributed by atoms with E-state index in [4.69, 9.17) is 9.47 Å². The lowest BCUT2D eigenvalue weighted by Crippen LogP contribution is -2.59. The van der Waals surface area contributed by atoms with Crippen molar-refractivity contribution in [2.75, 3.05) is 13.6 Å². The molecule has 0 aromatic heterocycles. The van der Waals surface area contributed by atoms with Crippen LogP contribution < -0.4 is 9.47 Å². The summed E-state index contributed by atoms with van der Waals surface area (Å²) in [6.45, 7) is 2.40. The van der Waals surface area contributed by atoms with Gasteiger partial charge >= 0.3 is 0 Å². The van der Waals surface area contributed by atoms with E-state index in [-0.39, 0.29) is 0 Å². The number of fused-ring (bicyclic) bond motifs is 1. The van der Waals surface area contributed by atoms with E-state index in [9.17, 15) is 0 Å². The third-order valence-corrected chi connectivity index (χ3v) is 26.8. The highest BCUT2D eigenvalue weighted by molar-refractivity contribution is 5.57. The second kappa shape index (κ2) is 11.1. The van der Waals surface area contributed by atoms with Crippen LogP contribution in [-0.2, 0) is 13.2 Å². The summed E-state index contributed by atoms with van der Waals surface area (Å²) in [7, 11) is 2.59. The SMILES string of the molecule is CN1CC2C3=C4C5C6=C(C3)CC3CC7CC8CC9CC%10CC%11CC2(C2C4C4C5C5C(C63)C7C3C8C9C6C%10C(C4C6C35)C%112)C1c1ccc(OCc2ccccc2)c(OCc2ccccc2)c1. The summed E-state index contributed by atoms with van der Waals surface area (Å²) >= 11 is 0. The Kier molecular flexibility index (Phi) is 5.95. The summed E-state index contributed by atoms with van der Waals surface area (Å²) in [4.78, 5) is 2.96. The Hall–Kier alpha value is -3.30. The molecule has 20 rings (SSSR count). The zero-order chi connectivity index (χ0) is 41.2. The molecule has 0 amide bonds. The molecule has 1 spiro atoms. The molecule has 13 saturated carbocycles. The van der Waals surface area contributed by atoms with E-state index in [0.29, 0.717) is 24.7 Å². The first-order valence-corrected chi connectivity index (χ1v) is 27.8. The third-order valence-electron chi connectivity index (χ3n) is 26.8. The van der Waals surface area contributed by atoms with Crippen molar-refractivity contribution < 1.29 is 9.47 Å². The fourth-order valence-electron chi connectivity index (χ4n) is 27.6. The van der Waals surface area contributed by atoms with Gasteiger partial charge in [-0.05, 0) is 229 Å². The normalized spacial score (nSPS) is 57.8. The molecule has 1 aliphatic heterocycles. The van der Waals surface area contributed by atoms with Crippen LogP contribution in [0.25, 0.3) is 0 Å². The summed E-state index contributed by atoms with van der Waals surface area (Å²) in [5.74, 6) is 29.1. The molecule has 0 bridgehead atoms. The predicted octanol–water partition coefficient (Wildman–Crippen LogP) is 11.8. The monoisotopic (exact) mass is 856 g/mol. The summed E-state index contributed by atoms with van der Waals surface area (Å²) in [5, 5.41) is 0. The fraction of sp³-hybridized carbons (Fsp3) is 0.645. The van der Waals surface area contributed by atoms with Crippen LogP contribution in [0.2, 0.25) is 0 Å². The van der Waals surface area contributed by atoms with Crippen molar-refractivity contribution in [1.82, 2.24) is 4.90 Å². The summed E-state index contributed by atoms with van der Waals surface area (Å²) in [6, 6.07) is 29.4. The molecular formula is C62H65NO2. The van der Waals surface area contributed by atoms with Crippen molar-refractivity contribution in [3.63, 3.8) is 0 Å². The van der Waals surface area contributed by atoms with E-state index in [1.165, 1.54) is 42.5 Å².